The summed E-state index contributed by atoms with van der Waals surface area (Å²) in [7, 11) is 7.74. The summed E-state index contributed by atoms with van der Waals surface area (Å²) in [5.41, 5.74) is 3.11. The highest BCUT2D eigenvalue weighted by Crippen LogP contribution is 2.17. The second-order valence-electron chi connectivity index (χ2n) is 5.66. The first-order valence-corrected chi connectivity index (χ1v) is 7.26. The normalized spacial score (nSPS) is 11.2. The molecule has 0 aliphatic carbocycles. The van der Waals surface area contributed by atoms with Gasteiger partial charge in [0, 0.05) is 50.7 Å². The summed E-state index contributed by atoms with van der Waals surface area (Å²) in [6, 6.07) is 14.5. The van der Waals surface area contributed by atoms with Gasteiger partial charge in [0.15, 0.2) is 5.71 Å². The van der Waals surface area contributed by atoms with Gasteiger partial charge in [0.1, 0.15) is 0 Å². The number of carbonyl (C=O) groups excluding carboxylic acids is 1. The van der Waals surface area contributed by atoms with Crippen molar-refractivity contribution >= 4 is 22.9 Å². The zero-order valence-corrected chi connectivity index (χ0v) is 13.8. The van der Waals surface area contributed by atoms with Crippen LogP contribution in [0.4, 0.5) is 11.4 Å². The van der Waals surface area contributed by atoms with Crippen LogP contribution in [-0.4, -0.2) is 44.9 Å². The number of Topliss-reactive ketones (excluding diaryl/α,β-unsaturated/α-hetero) is 1. The van der Waals surface area contributed by atoms with Gasteiger partial charge in [-0.25, -0.2) is 0 Å². The number of ketones is 1. The summed E-state index contributed by atoms with van der Waals surface area (Å²) in [6.07, 6.45) is 0. The molecular formula is C18H21N3O2. The van der Waals surface area contributed by atoms with Gasteiger partial charge >= 0.3 is 0 Å². The lowest BCUT2D eigenvalue weighted by molar-refractivity contribution is 0.106. The molecule has 0 aliphatic heterocycles. The van der Waals surface area contributed by atoms with Crippen LogP contribution in [0.3, 0.4) is 0 Å². The number of benzene rings is 2. The lowest BCUT2D eigenvalue weighted by Gasteiger charge is -2.13. The van der Waals surface area contributed by atoms with Crippen LogP contribution >= 0.6 is 0 Å². The number of hydrogen-bond acceptors (Lipinski definition) is 5. The number of anilines is 2. The molecule has 0 fully saturated rings. The van der Waals surface area contributed by atoms with Crippen molar-refractivity contribution in [2.75, 3.05) is 38.0 Å². The molecule has 5 heteroatoms. The summed E-state index contributed by atoms with van der Waals surface area (Å²) < 4.78 is 0. The van der Waals surface area contributed by atoms with E-state index in [4.69, 9.17) is 0 Å². The van der Waals surface area contributed by atoms with E-state index in [1.165, 1.54) is 0 Å². The third-order valence-electron chi connectivity index (χ3n) is 3.62. The molecule has 0 saturated heterocycles. The largest absolute Gasteiger partial charge is 0.410 e. The van der Waals surface area contributed by atoms with E-state index in [0.717, 1.165) is 11.4 Å². The molecule has 1 N–H and O–H groups in total. The van der Waals surface area contributed by atoms with Crippen LogP contribution in [0.1, 0.15) is 15.9 Å². The highest BCUT2D eigenvalue weighted by Gasteiger charge is 2.17. The van der Waals surface area contributed by atoms with Gasteiger partial charge in [0.2, 0.25) is 5.78 Å². The van der Waals surface area contributed by atoms with Crippen LogP contribution in [-0.2, 0) is 0 Å². The minimum absolute atomic E-state index is 0.0351. The summed E-state index contributed by atoms with van der Waals surface area (Å²) in [5.74, 6) is -0.310. The van der Waals surface area contributed by atoms with E-state index in [2.05, 4.69) is 5.16 Å². The van der Waals surface area contributed by atoms with Gasteiger partial charge in [-0.3, -0.25) is 4.79 Å². The fraction of sp³-hybridized carbons (Fsp3) is 0.222. The topological polar surface area (TPSA) is 56.1 Å². The highest BCUT2D eigenvalue weighted by molar-refractivity contribution is 6.51. The summed E-state index contributed by atoms with van der Waals surface area (Å²) in [6.45, 7) is 0. The number of hydrogen-bond donors (Lipinski definition) is 1. The zero-order chi connectivity index (χ0) is 17.0. The van der Waals surface area contributed by atoms with Crippen molar-refractivity contribution in [2.45, 2.75) is 0 Å². The smallest absolute Gasteiger partial charge is 0.215 e. The van der Waals surface area contributed by atoms with Gasteiger partial charge in [-0.1, -0.05) is 17.3 Å². The van der Waals surface area contributed by atoms with Crippen LogP contribution in [0, 0.1) is 0 Å². The molecule has 2 aromatic carbocycles. The number of oxime groups is 1. The molecule has 0 saturated carbocycles. The minimum Gasteiger partial charge on any atom is -0.410 e. The van der Waals surface area contributed by atoms with E-state index in [0.29, 0.717) is 11.1 Å². The van der Waals surface area contributed by atoms with E-state index in [1.807, 2.05) is 62.3 Å². The third kappa shape index (κ3) is 3.69. The molecule has 0 amide bonds. The second kappa shape index (κ2) is 6.96. The van der Waals surface area contributed by atoms with Crippen molar-refractivity contribution in [1.29, 1.82) is 0 Å². The van der Waals surface area contributed by atoms with Crippen molar-refractivity contribution in [3.05, 3.63) is 59.7 Å². The van der Waals surface area contributed by atoms with E-state index in [-0.39, 0.29) is 11.5 Å². The highest BCUT2D eigenvalue weighted by atomic mass is 16.4. The average molecular weight is 311 g/mol. The average Bonchev–Trinajstić information content (AvgIpc) is 2.56. The third-order valence-corrected chi connectivity index (χ3v) is 3.62. The lowest BCUT2D eigenvalue weighted by Crippen LogP contribution is -2.17. The molecule has 2 rings (SSSR count). The Morgan fingerprint density at radius 2 is 1.17 bits per heavy atom. The zero-order valence-electron chi connectivity index (χ0n) is 13.8. The molecule has 5 nitrogen and oxygen atoms in total. The quantitative estimate of drug-likeness (QED) is 0.399. The van der Waals surface area contributed by atoms with E-state index >= 15 is 0 Å². The maximum Gasteiger partial charge on any atom is 0.215 e. The fourth-order valence-corrected chi connectivity index (χ4v) is 2.20. The van der Waals surface area contributed by atoms with Gasteiger partial charge in [-0.05, 0) is 36.4 Å². The summed E-state index contributed by atoms with van der Waals surface area (Å²) in [5, 5.41) is 12.5. The Balaban J connectivity index is 2.28. The van der Waals surface area contributed by atoms with Crippen molar-refractivity contribution in [3.8, 4) is 0 Å². The first-order valence-electron chi connectivity index (χ1n) is 7.26. The first kappa shape index (κ1) is 16.5. The van der Waals surface area contributed by atoms with Gasteiger partial charge < -0.3 is 15.0 Å². The van der Waals surface area contributed by atoms with Crippen molar-refractivity contribution in [1.82, 2.24) is 0 Å². The molecular weight excluding hydrogens is 290 g/mol. The van der Waals surface area contributed by atoms with Gasteiger partial charge in [-0.15, -0.1) is 0 Å². The Labute approximate surface area is 136 Å². The van der Waals surface area contributed by atoms with E-state index in [9.17, 15) is 10.0 Å². The predicted octanol–water partition coefficient (Wildman–Crippen LogP) is 2.88. The minimum atomic E-state index is -0.310. The second-order valence-corrected chi connectivity index (χ2v) is 5.66. The molecule has 0 bridgehead atoms. The fourth-order valence-electron chi connectivity index (χ4n) is 2.20. The van der Waals surface area contributed by atoms with Crippen LogP contribution in [0.15, 0.2) is 53.7 Å². The molecule has 0 radical (unpaired) electrons. The molecule has 0 aliphatic rings. The Kier molecular flexibility index (Phi) is 5.01. The molecule has 0 heterocycles. The monoisotopic (exact) mass is 311 g/mol. The first-order chi connectivity index (χ1) is 10.9. The van der Waals surface area contributed by atoms with Crippen molar-refractivity contribution < 1.29 is 10.0 Å². The van der Waals surface area contributed by atoms with E-state index < -0.39 is 0 Å². The Hall–Kier alpha value is -2.82. The Bertz CT molecular complexity index is 702. The standard InChI is InChI=1S/C18H21N3O2/c1-20(2)15-9-5-13(6-10-15)17(19-23)18(22)14-7-11-16(12-8-14)21(3)4/h5-12,23H,1-4H3. The molecule has 0 unspecified atom stereocenters. The Morgan fingerprint density at radius 3 is 1.52 bits per heavy atom. The molecule has 0 atom stereocenters. The van der Waals surface area contributed by atoms with Crippen molar-refractivity contribution in [3.63, 3.8) is 0 Å². The maximum absolute atomic E-state index is 12.6. The molecule has 0 aromatic heterocycles. The van der Waals surface area contributed by atoms with Crippen LogP contribution in [0.5, 0.6) is 0 Å². The number of rotatable bonds is 5. The molecule has 120 valence electrons. The van der Waals surface area contributed by atoms with Crippen LogP contribution in [0.25, 0.3) is 0 Å². The SMILES string of the molecule is CN(C)c1ccc(C(=O)C(=NO)c2ccc(N(C)C)cc2)cc1. The number of nitrogens with zero attached hydrogens (tertiary/aromatic N) is 3. The van der Waals surface area contributed by atoms with Gasteiger partial charge in [-0.2, -0.15) is 0 Å². The summed E-state index contributed by atoms with van der Waals surface area (Å²) >= 11 is 0. The van der Waals surface area contributed by atoms with Gasteiger partial charge in [0.05, 0.1) is 0 Å². The molecule has 0 spiro atoms. The van der Waals surface area contributed by atoms with Crippen LogP contribution in [0.2, 0.25) is 0 Å². The predicted molar refractivity (Wildman–Crippen MR) is 94.2 cm³/mol. The molecule has 2 aromatic rings. The molecule has 23 heavy (non-hydrogen) atoms. The number of carbonyl (C=O) groups is 1. The van der Waals surface area contributed by atoms with Crippen molar-refractivity contribution in [2.24, 2.45) is 5.16 Å². The summed E-state index contributed by atoms with van der Waals surface area (Å²) in [4.78, 5) is 16.5. The van der Waals surface area contributed by atoms with Crippen LogP contribution < -0.4 is 9.80 Å². The van der Waals surface area contributed by atoms with Gasteiger partial charge in [0.25, 0.3) is 0 Å². The maximum atomic E-state index is 12.6. The van der Waals surface area contributed by atoms with E-state index in [1.54, 1.807) is 24.3 Å². The lowest BCUT2D eigenvalue weighted by atomic mass is 10.00. The Morgan fingerprint density at radius 1 is 0.783 bits per heavy atom.